The lowest BCUT2D eigenvalue weighted by molar-refractivity contribution is 0.645. The maximum atomic E-state index is 5.69. The fraction of sp³-hybridized carbons (Fsp3) is 0.667. The van der Waals surface area contributed by atoms with Gasteiger partial charge in [-0.05, 0) is 54.3 Å². The van der Waals surface area contributed by atoms with E-state index >= 15 is 0 Å². The fourth-order valence-electron chi connectivity index (χ4n) is 2.41. The Bertz CT molecular complexity index is 367. The number of fused-ring (bicyclic) bond motifs is 1. The van der Waals surface area contributed by atoms with Crippen molar-refractivity contribution >= 4 is 29.2 Å². The molecule has 2 fully saturated rings. The first-order valence-electron chi connectivity index (χ1n) is 5.04. The number of halogens is 2. The van der Waals surface area contributed by atoms with Crippen molar-refractivity contribution in [1.29, 1.82) is 0 Å². The number of nitrogens with zero attached hydrogens (tertiary/aromatic N) is 3. The quantitative estimate of drug-likeness (QED) is 0.869. The zero-order chi connectivity index (χ0) is 10.4. The number of hydrogen-bond acceptors (Lipinski definition) is 4. The van der Waals surface area contributed by atoms with Crippen LogP contribution in [0.5, 0.6) is 0 Å². The Morgan fingerprint density at radius 3 is 2.13 bits per heavy atom. The summed E-state index contributed by atoms with van der Waals surface area (Å²) in [6, 6.07) is 0.475. The zero-order valence-electron chi connectivity index (χ0n) is 7.95. The molecule has 0 aliphatic heterocycles. The maximum Gasteiger partial charge on any atom is 0.228 e. The van der Waals surface area contributed by atoms with Crippen LogP contribution in [0.15, 0.2) is 0 Å². The van der Waals surface area contributed by atoms with Gasteiger partial charge in [-0.3, -0.25) is 0 Å². The van der Waals surface area contributed by atoms with Crippen LogP contribution < -0.4 is 5.32 Å². The molecule has 2 aliphatic rings. The molecular weight excluding hydrogens is 235 g/mol. The van der Waals surface area contributed by atoms with Gasteiger partial charge in [-0.2, -0.15) is 15.0 Å². The lowest BCUT2D eigenvalue weighted by atomic mass is 10.2. The first-order valence-corrected chi connectivity index (χ1v) is 5.80. The van der Waals surface area contributed by atoms with Crippen LogP contribution in [0, 0.1) is 11.8 Å². The molecule has 4 nitrogen and oxygen atoms in total. The van der Waals surface area contributed by atoms with Crippen LogP contribution in [0.25, 0.3) is 0 Å². The monoisotopic (exact) mass is 244 g/mol. The highest BCUT2D eigenvalue weighted by atomic mass is 35.5. The lowest BCUT2D eigenvalue weighted by Gasteiger charge is -2.13. The summed E-state index contributed by atoms with van der Waals surface area (Å²) >= 11 is 11.4. The third-order valence-corrected chi connectivity index (χ3v) is 3.50. The second-order valence-electron chi connectivity index (χ2n) is 4.27. The predicted molar refractivity (Wildman–Crippen MR) is 58.1 cm³/mol. The molecule has 0 saturated heterocycles. The van der Waals surface area contributed by atoms with Gasteiger partial charge in [-0.1, -0.05) is 0 Å². The summed E-state index contributed by atoms with van der Waals surface area (Å²) in [7, 11) is 0. The van der Waals surface area contributed by atoms with Crippen molar-refractivity contribution < 1.29 is 0 Å². The summed E-state index contributed by atoms with van der Waals surface area (Å²) in [4.78, 5) is 11.7. The first kappa shape index (κ1) is 9.60. The van der Waals surface area contributed by atoms with E-state index < -0.39 is 0 Å². The molecule has 6 heteroatoms. The standard InChI is InChI=1S/C9H10Cl2N4/c10-7-13-8(11)15-9(14-7)12-6-2-4-1-5(4)3-6/h4-6H,1-3H2,(H,12,13,14,15). The molecule has 2 saturated carbocycles. The minimum Gasteiger partial charge on any atom is -0.351 e. The molecule has 0 radical (unpaired) electrons. The van der Waals surface area contributed by atoms with Gasteiger partial charge in [0.15, 0.2) is 0 Å². The van der Waals surface area contributed by atoms with Crippen molar-refractivity contribution in [2.75, 3.05) is 5.32 Å². The third-order valence-electron chi connectivity index (χ3n) is 3.16. The smallest absolute Gasteiger partial charge is 0.228 e. The Morgan fingerprint density at radius 1 is 0.933 bits per heavy atom. The summed E-state index contributed by atoms with van der Waals surface area (Å²) in [6.45, 7) is 0. The highest BCUT2D eigenvalue weighted by molar-refractivity contribution is 6.31. The molecule has 0 aromatic carbocycles. The zero-order valence-corrected chi connectivity index (χ0v) is 9.46. The van der Waals surface area contributed by atoms with Crippen molar-refractivity contribution in [3.05, 3.63) is 10.6 Å². The van der Waals surface area contributed by atoms with Crippen LogP contribution in [0.1, 0.15) is 19.3 Å². The molecule has 1 N–H and O–H groups in total. The number of nitrogens with one attached hydrogen (secondary N) is 1. The van der Waals surface area contributed by atoms with E-state index in [2.05, 4.69) is 20.3 Å². The highest BCUT2D eigenvalue weighted by Crippen LogP contribution is 2.52. The van der Waals surface area contributed by atoms with Crippen molar-refractivity contribution in [1.82, 2.24) is 15.0 Å². The molecule has 2 atom stereocenters. The Morgan fingerprint density at radius 2 is 1.53 bits per heavy atom. The van der Waals surface area contributed by atoms with E-state index in [0.717, 1.165) is 11.8 Å². The van der Waals surface area contributed by atoms with Gasteiger partial charge in [0.1, 0.15) is 0 Å². The van der Waals surface area contributed by atoms with Crippen LogP contribution >= 0.6 is 23.2 Å². The number of hydrogen-bond donors (Lipinski definition) is 1. The second kappa shape index (κ2) is 3.46. The Hall–Kier alpha value is -0.610. The summed E-state index contributed by atoms with van der Waals surface area (Å²) < 4.78 is 0. The normalized spacial score (nSPS) is 32.5. The summed E-state index contributed by atoms with van der Waals surface area (Å²) in [5, 5.41) is 3.53. The van der Waals surface area contributed by atoms with E-state index in [-0.39, 0.29) is 10.6 Å². The van der Waals surface area contributed by atoms with Crippen LogP contribution in [0.2, 0.25) is 10.6 Å². The summed E-state index contributed by atoms with van der Waals surface area (Å²) in [6.07, 6.45) is 3.83. The lowest BCUT2D eigenvalue weighted by Crippen LogP contribution is -2.19. The highest BCUT2D eigenvalue weighted by Gasteiger charge is 2.45. The molecule has 0 bridgehead atoms. The van der Waals surface area contributed by atoms with Gasteiger partial charge in [0.2, 0.25) is 16.5 Å². The van der Waals surface area contributed by atoms with Crippen LogP contribution in [-0.2, 0) is 0 Å². The molecule has 0 spiro atoms. The van der Waals surface area contributed by atoms with Gasteiger partial charge in [0, 0.05) is 6.04 Å². The van der Waals surface area contributed by atoms with Gasteiger partial charge in [0.25, 0.3) is 0 Å². The molecular formula is C9H10Cl2N4. The van der Waals surface area contributed by atoms with Gasteiger partial charge in [0.05, 0.1) is 0 Å². The number of aromatic nitrogens is 3. The van der Waals surface area contributed by atoms with Gasteiger partial charge in [-0.25, -0.2) is 0 Å². The molecule has 15 heavy (non-hydrogen) atoms. The van der Waals surface area contributed by atoms with Gasteiger partial charge >= 0.3 is 0 Å². The van der Waals surface area contributed by atoms with Crippen LogP contribution in [0.3, 0.4) is 0 Å². The number of anilines is 1. The topological polar surface area (TPSA) is 50.7 Å². The van der Waals surface area contributed by atoms with Crippen molar-refractivity contribution in [3.63, 3.8) is 0 Å². The molecule has 2 unspecified atom stereocenters. The van der Waals surface area contributed by atoms with Crippen molar-refractivity contribution in [3.8, 4) is 0 Å². The Labute approximate surface area is 97.4 Å². The van der Waals surface area contributed by atoms with E-state index in [9.17, 15) is 0 Å². The average molecular weight is 245 g/mol. The van der Waals surface area contributed by atoms with Crippen molar-refractivity contribution in [2.45, 2.75) is 25.3 Å². The summed E-state index contributed by atoms with van der Waals surface area (Å²) in [5.74, 6) is 2.34. The summed E-state index contributed by atoms with van der Waals surface area (Å²) in [5.41, 5.74) is 0. The average Bonchev–Trinajstić information content (AvgIpc) is 2.72. The minimum absolute atomic E-state index is 0.139. The van der Waals surface area contributed by atoms with Crippen LogP contribution in [-0.4, -0.2) is 21.0 Å². The molecule has 0 amide bonds. The van der Waals surface area contributed by atoms with Crippen LogP contribution in [0.4, 0.5) is 5.95 Å². The molecule has 1 aromatic heterocycles. The van der Waals surface area contributed by atoms with E-state index in [1.807, 2.05) is 0 Å². The Kier molecular flexibility index (Phi) is 2.21. The largest absolute Gasteiger partial charge is 0.351 e. The van der Waals surface area contributed by atoms with E-state index in [1.54, 1.807) is 0 Å². The number of rotatable bonds is 2. The fourth-order valence-corrected chi connectivity index (χ4v) is 2.77. The molecule has 80 valence electrons. The predicted octanol–water partition coefficient (Wildman–Crippen LogP) is 2.39. The van der Waals surface area contributed by atoms with E-state index in [1.165, 1.54) is 19.3 Å². The van der Waals surface area contributed by atoms with E-state index in [0.29, 0.717) is 12.0 Å². The van der Waals surface area contributed by atoms with Gasteiger partial charge < -0.3 is 5.32 Å². The Balaban J connectivity index is 1.70. The first-order chi connectivity index (χ1) is 7.20. The SMILES string of the molecule is Clc1nc(Cl)nc(NC2CC3CC3C2)n1. The van der Waals surface area contributed by atoms with E-state index in [4.69, 9.17) is 23.2 Å². The van der Waals surface area contributed by atoms with Crippen molar-refractivity contribution in [2.24, 2.45) is 11.8 Å². The third kappa shape index (κ3) is 2.01. The maximum absolute atomic E-state index is 5.69. The molecule has 2 aliphatic carbocycles. The minimum atomic E-state index is 0.139. The second-order valence-corrected chi connectivity index (χ2v) is 4.94. The molecule has 1 aromatic rings. The molecule has 3 rings (SSSR count). The molecule has 1 heterocycles. The van der Waals surface area contributed by atoms with Gasteiger partial charge in [-0.15, -0.1) is 0 Å².